The average molecular weight is 271 g/mol. The second kappa shape index (κ2) is 6.63. The van der Waals surface area contributed by atoms with Crippen molar-refractivity contribution >= 4 is 5.97 Å². The minimum atomic E-state index is -1.07. The number of aromatic nitrogens is 3. The summed E-state index contributed by atoms with van der Waals surface area (Å²) >= 11 is 0. The molecule has 1 aromatic heterocycles. The van der Waals surface area contributed by atoms with E-state index in [-0.39, 0.29) is 11.3 Å². The molecule has 0 amide bonds. The van der Waals surface area contributed by atoms with Gasteiger partial charge in [0.1, 0.15) is 0 Å². The van der Waals surface area contributed by atoms with Crippen molar-refractivity contribution in [2.24, 2.45) is 0 Å². The van der Waals surface area contributed by atoms with Gasteiger partial charge < -0.3 is 14.6 Å². The zero-order valence-electron chi connectivity index (χ0n) is 11.8. The van der Waals surface area contributed by atoms with Crippen LogP contribution in [0.2, 0.25) is 0 Å². The third kappa shape index (κ3) is 4.96. The second-order valence-corrected chi connectivity index (χ2v) is 5.12. The van der Waals surface area contributed by atoms with Crippen molar-refractivity contribution in [2.45, 2.75) is 39.3 Å². The SMILES string of the molecule is COCCc1c(C(=O)O)nnn1CCOC(C)(C)C. The highest BCUT2D eigenvalue weighted by molar-refractivity contribution is 5.86. The number of carboxylic acid groups (broad SMARTS) is 1. The predicted octanol–water partition coefficient (Wildman–Crippen LogP) is 0.980. The van der Waals surface area contributed by atoms with E-state index < -0.39 is 5.97 Å². The molecular formula is C12H21N3O4. The quantitative estimate of drug-likeness (QED) is 0.795. The number of rotatable bonds is 7. The van der Waals surface area contributed by atoms with Crippen LogP contribution >= 0.6 is 0 Å². The van der Waals surface area contributed by atoms with Gasteiger partial charge in [0.2, 0.25) is 0 Å². The first-order valence-corrected chi connectivity index (χ1v) is 6.13. The van der Waals surface area contributed by atoms with Crippen LogP contribution in [0.5, 0.6) is 0 Å². The Bertz CT molecular complexity index is 423. The summed E-state index contributed by atoms with van der Waals surface area (Å²) in [5.74, 6) is -1.07. The van der Waals surface area contributed by atoms with Crippen LogP contribution < -0.4 is 0 Å². The molecule has 0 aliphatic rings. The third-order valence-electron chi connectivity index (χ3n) is 2.42. The summed E-state index contributed by atoms with van der Waals surface area (Å²) in [6, 6.07) is 0. The van der Waals surface area contributed by atoms with Crippen molar-refractivity contribution in [3.63, 3.8) is 0 Å². The fraction of sp³-hybridized carbons (Fsp3) is 0.750. The van der Waals surface area contributed by atoms with Gasteiger partial charge in [-0.25, -0.2) is 9.48 Å². The van der Waals surface area contributed by atoms with Crippen LogP contribution in [0.1, 0.15) is 37.0 Å². The molecule has 1 aromatic rings. The number of hydrogen-bond donors (Lipinski definition) is 1. The maximum atomic E-state index is 11.0. The first-order valence-electron chi connectivity index (χ1n) is 6.13. The smallest absolute Gasteiger partial charge is 0.358 e. The molecule has 0 saturated carbocycles. The lowest BCUT2D eigenvalue weighted by Crippen LogP contribution is -2.23. The lowest BCUT2D eigenvalue weighted by molar-refractivity contribution is -0.00840. The van der Waals surface area contributed by atoms with Crippen molar-refractivity contribution in [2.75, 3.05) is 20.3 Å². The number of carbonyl (C=O) groups is 1. The molecule has 0 radical (unpaired) electrons. The first kappa shape index (κ1) is 15.6. The molecule has 1 rings (SSSR count). The van der Waals surface area contributed by atoms with Crippen LogP contribution in [0.4, 0.5) is 0 Å². The number of carboxylic acids is 1. The van der Waals surface area contributed by atoms with E-state index in [0.29, 0.717) is 31.9 Å². The molecule has 0 aliphatic heterocycles. The lowest BCUT2D eigenvalue weighted by atomic mass is 10.2. The Morgan fingerprint density at radius 1 is 1.37 bits per heavy atom. The summed E-state index contributed by atoms with van der Waals surface area (Å²) in [5, 5.41) is 16.6. The second-order valence-electron chi connectivity index (χ2n) is 5.12. The number of nitrogens with zero attached hydrogens (tertiary/aromatic N) is 3. The number of hydrogen-bond acceptors (Lipinski definition) is 5. The minimum absolute atomic E-state index is 0.0205. The molecule has 0 aromatic carbocycles. The minimum Gasteiger partial charge on any atom is -0.476 e. The Morgan fingerprint density at radius 3 is 2.58 bits per heavy atom. The maximum Gasteiger partial charge on any atom is 0.358 e. The van der Waals surface area contributed by atoms with Gasteiger partial charge >= 0.3 is 5.97 Å². The number of ether oxygens (including phenoxy) is 2. The molecule has 0 bridgehead atoms. The lowest BCUT2D eigenvalue weighted by Gasteiger charge is -2.19. The van der Waals surface area contributed by atoms with Gasteiger partial charge in [-0.05, 0) is 20.8 Å². The number of aromatic carboxylic acids is 1. The highest BCUT2D eigenvalue weighted by Crippen LogP contribution is 2.09. The molecule has 1 heterocycles. The van der Waals surface area contributed by atoms with Gasteiger partial charge in [-0.1, -0.05) is 5.21 Å². The summed E-state index contributed by atoms with van der Waals surface area (Å²) in [6.45, 7) is 7.23. The van der Waals surface area contributed by atoms with Gasteiger partial charge in [-0.2, -0.15) is 0 Å². The molecule has 0 atom stereocenters. The Balaban J connectivity index is 2.73. The topological polar surface area (TPSA) is 86.5 Å². The monoisotopic (exact) mass is 271 g/mol. The molecule has 108 valence electrons. The fourth-order valence-corrected chi connectivity index (χ4v) is 1.56. The average Bonchev–Trinajstić information content (AvgIpc) is 2.68. The van der Waals surface area contributed by atoms with Gasteiger partial charge in [-0.15, -0.1) is 5.10 Å². The summed E-state index contributed by atoms with van der Waals surface area (Å²) in [6.07, 6.45) is 0.459. The summed E-state index contributed by atoms with van der Waals surface area (Å²) < 4.78 is 12.1. The molecule has 0 saturated heterocycles. The molecule has 0 aliphatic carbocycles. The van der Waals surface area contributed by atoms with Crippen molar-refractivity contribution in [1.82, 2.24) is 15.0 Å². The van der Waals surface area contributed by atoms with Crippen LogP contribution in [0, 0.1) is 0 Å². The summed E-state index contributed by atoms with van der Waals surface area (Å²) in [7, 11) is 1.57. The fourth-order valence-electron chi connectivity index (χ4n) is 1.56. The highest BCUT2D eigenvalue weighted by atomic mass is 16.5. The Morgan fingerprint density at radius 2 is 2.05 bits per heavy atom. The molecule has 0 spiro atoms. The molecule has 7 nitrogen and oxygen atoms in total. The standard InChI is InChI=1S/C12H21N3O4/c1-12(2,3)19-8-6-15-9(5-7-18-4)10(11(16)17)13-14-15/h5-8H2,1-4H3,(H,16,17). The van der Waals surface area contributed by atoms with E-state index in [4.69, 9.17) is 14.6 Å². The van der Waals surface area contributed by atoms with Gasteiger partial charge in [0.05, 0.1) is 31.1 Å². The van der Waals surface area contributed by atoms with E-state index in [2.05, 4.69) is 10.3 Å². The molecule has 0 unspecified atom stereocenters. The zero-order valence-corrected chi connectivity index (χ0v) is 11.8. The molecule has 0 fully saturated rings. The Hall–Kier alpha value is -1.47. The third-order valence-corrected chi connectivity index (χ3v) is 2.42. The molecule has 1 N–H and O–H groups in total. The number of methoxy groups -OCH3 is 1. The van der Waals surface area contributed by atoms with Crippen LogP contribution in [0.3, 0.4) is 0 Å². The van der Waals surface area contributed by atoms with E-state index in [1.165, 1.54) is 0 Å². The molecular weight excluding hydrogens is 250 g/mol. The van der Waals surface area contributed by atoms with E-state index in [1.807, 2.05) is 20.8 Å². The summed E-state index contributed by atoms with van der Waals surface area (Å²) in [5.41, 5.74) is 0.308. The van der Waals surface area contributed by atoms with Crippen molar-refractivity contribution in [3.05, 3.63) is 11.4 Å². The highest BCUT2D eigenvalue weighted by Gasteiger charge is 2.19. The largest absolute Gasteiger partial charge is 0.476 e. The van der Waals surface area contributed by atoms with E-state index in [9.17, 15) is 4.79 Å². The zero-order chi connectivity index (χ0) is 14.5. The molecule has 19 heavy (non-hydrogen) atoms. The van der Waals surface area contributed by atoms with E-state index in [1.54, 1.807) is 11.8 Å². The summed E-state index contributed by atoms with van der Waals surface area (Å²) in [4.78, 5) is 11.0. The Kier molecular flexibility index (Phi) is 5.44. The van der Waals surface area contributed by atoms with Crippen molar-refractivity contribution in [1.29, 1.82) is 0 Å². The van der Waals surface area contributed by atoms with E-state index in [0.717, 1.165) is 0 Å². The van der Waals surface area contributed by atoms with Crippen LogP contribution in [-0.4, -0.2) is 52.0 Å². The normalized spacial score (nSPS) is 11.8. The van der Waals surface area contributed by atoms with Gasteiger partial charge in [-0.3, -0.25) is 0 Å². The van der Waals surface area contributed by atoms with Gasteiger partial charge in [0, 0.05) is 13.5 Å². The van der Waals surface area contributed by atoms with Gasteiger partial charge in [0.15, 0.2) is 5.69 Å². The van der Waals surface area contributed by atoms with E-state index >= 15 is 0 Å². The van der Waals surface area contributed by atoms with Crippen LogP contribution in [-0.2, 0) is 22.4 Å². The maximum absolute atomic E-state index is 11.0. The van der Waals surface area contributed by atoms with Gasteiger partial charge in [0.25, 0.3) is 0 Å². The predicted molar refractivity (Wildman–Crippen MR) is 68.3 cm³/mol. The Labute approximate surface area is 112 Å². The van der Waals surface area contributed by atoms with Crippen molar-refractivity contribution < 1.29 is 19.4 Å². The van der Waals surface area contributed by atoms with Crippen LogP contribution in [0.25, 0.3) is 0 Å². The molecule has 7 heteroatoms. The van der Waals surface area contributed by atoms with Crippen molar-refractivity contribution in [3.8, 4) is 0 Å². The van der Waals surface area contributed by atoms with Crippen LogP contribution in [0.15, 0.2) is 0 Å². The first-order chi connectivity index (χ1) is 8.85.